The van der Waals surface area contributed by atoms with Crippen LogP contribution in [-0.2, 0) is 11.8 Å². The number of nitrogens with one attached hydrogen (secondary N) is 1. The van der Waals surface area contributed by atoms with E-state index in [4.69, 9.17) is 5.10 Å². The highest BCUT2D eigenvalue weighted by Gasteiger charge is 2.33. The van der Waals surface area contributed by atoms with Crippen molar-refractivity contribution < 1.29 is 23.1 Å². The van der Waals surface area contributed by atoms with Crippen molar-refractivity contribution in [2.45, 2.75) is 71.2 Å². The smallest absolute Gasteiger partial charge is 0.386 e. The summed E-state index contributed by atoms with van der Waals surface area (Å²) in [5.74, 6) is 0.601. The average Bonchev–Trinajstić information content (AvgIpc) is 3.20. The van der Waals surface area contributed by atoms with E-state index in [-0.39, 0.29) is 11.7 Å². The molecule has 1 saturated carbocycles. The number of rotatable bonds is 5. The molecule has 35 heavy (non-hydrogen) atoms. The van der Waals surface area contributed by atoms with Gasteiger partial charge in [0.15, 0.2) is 0 Å². The van der Waals surface area contributed by atoms with E-state index in [9.17, 15) is 23.1 Å². The molecule has 0 aliphatic heterocycles. The number of halogens is 3. The molecular weight excluding hydrogens is 457 g/mol. The molecule has 1 fully saturated rings. The maximum atomic E-state index is 13.0. The number of anilines is 1. The van der Waals surface area contributed by atoms with Crippen LogP contribution in [0.2, 0.25) is 0 Å². The summed E-state index contributed by atoms with van der Waals surface area (Å²) in [7, 11) is 0. The van der Waals surface area contributed by atoms with Crippen molar-refractivity contribution in [3.63, 3.8) is 0 Å². The SMILES string of the molecule is CC(C)C1CCC(n2cc3cc(NC(=O)c4cccc(C(F)(F)F)n4)c(C(C)(C)O)cc3n2)CC1. The summed E-state index contributed by atoms with van der Waals surface area (Å²) < 4.78 is 41.1. The molecule has 2 N–H and O–H groups in total. The minimum Gasteiger partial charge on any atom is -0.386 e. The third-order valence-electron chi connectivity index (χ3n) is 6.90. The molecule has 0 atom stereocenters. The van der Waals surface area contributed by atoms with E-state index in [0.29, 0.717) is 22.7 Å². The van der Waals surface area contributed by atoms with E-state index in [0.717, 1.165) is 49.1 Å². The molecule has 0 unspecified atom stereocenters. The molecule has 2 aromatic heterocycles. The van der Waals surface area contributed by atoms with E-state index < -0.39 is 23.4 Å². The van der Waals surface area contributed by atoms with Gasteiger partial charge in [0.25, 0.3) is 5.91 Å². The van der Waals surface area contributed by atoms with Gasteiger partial charge in [-0.15, -0.1) is 0 Å². The first-order chi connectivity index (χ1) is 16.3. The highest BCUT2D eigenvalue weighted by Crippen LogP contribution is 2.37. The van der Waals surface area contributed by atoms with Crippen LogP contribution in [0, 0.1) is 11.8 Å². The fourth-order valence-electron chi connectivity index (χ4n) is 4.83. The van der Waals surface area contributed by atoms with Crippen LogP contribution in [0.25, 0.3) is 10.9 Å². The van der Waals surface area contributed by atoms with Crippen LogP contribution in [-0.4, -0.2) is 25.8 Å². The molecule has 1 aromatic carbocycles. The summed E-state index contributed by atoms with van der Waals surface area (Å²) in [5, 5.41) is 18.9. The van der Waals surface area contributed by atoms with Gasteiger partial charge in [-0.1, -0.05) is 19.9 Å². The van der Waals surface area contributed by atoms with Crippen molar-refractivity contribution in [1.29, 1.82) is 0 Å². The van der Waals surface area contributed by atoms with Crippen LogP contribution < -0.4 is 5.32 Å². The van der Waals surface area contributed by atoms with Gasteiger partial charge in [0.1, 0.15) is 11.4 Å². The average molecular weight is 489 g/mol. The van der Waals surface area contributed by atoms with Gasteiger partial charge in [-0.3, -0.25) is 9.48 Å². The topological polar surface area (TPSA) is 80.0 Å². The van der Waals surface area contributed by atoms with E-state index in [1.165, 1.54) is 6.07 Å². The van der Waals surface area contributed by atoms with Crippen LogP contribution in [0.15, 0.2) is 36.5 Å². The van der Waals surface area contributed by atoms with Gasteiger partial charge in [0.2, 0.25) is 0 Å². The first-order valence-corrected chi connectivity index (χ1v) is 11.9. The molecule has 1 aliphatic rings. The molecule has 6 nitrogen and oxygen atoms in total. The van der Waals surface area contributed by atoms with E-state index in [1.807, 2.05) is 10.9 Å². The van der Waals surface area contributed by atoms with Crippen molar-refractivity contribution in [1.82, 2.24) is 14.8 Å². The number of benzene rings is 1. The Kier molecular flexibility index (Phi) is 6.66. The lowest BCUT2D eigenvalue weighted by atomic mass is 9.80. The van der Waals surface area contributed by atoms with Gasteiger partial charge in [0, 0.05) is 22.8 Å². The summed E-state index contributed by atoms with van der Waals surface area (Å²) in [6, 6.07) is 6.89. The minimum absolute atomic E-state index is 0.287. The first kappa shape index (κ1) is 25.2. The number of carbonyl (C=O) groups is 1. The number of hydrogen-bond acceptors (Lipinski definition) is 4. The second kappa shape index (κ2) is 9.26. The Bertz CT molecular complexity index is 1220. The molecule has 4 rings (SSSR count). The molecule has 9 heteroatoms. The number of aliphatic hydroxyl groups is 1. The maximum Gasteiger partial charge on any atom is 0.433 e. The van der Waals surface area contributed by atoms with Gasteiger partial charge < -0.3 is 10.4 Å². The summed E-state index contributed by atoms with van der Waals surface area (Å²) in [6.45, 7) is 7.68. The molecule has 3 aromatic rings. The third-order valence-corrected chi connectivity index (χ3v) is 6.90. The zero-order valence-electron chi connectivity index (χ0n) is 20.4. The molecule has 2 heterocycles. The monoisotopic (exact) mass is 488 g/mol. The number of fused-ring (bicyclic) bond motifs is 1. The molecular formula is C26H31F3N4O2. The van der Waals surface area contributed by atoms with Crippen LogP contribution in [0.1, 0.15) is 81.2 Å². The van der Waals surface area contributed by atoms with Gasteiger partial charge in [0.05, 0.1) is 17.2 Å². The van der Waals surface area contributed by atoms with Crippen molar-refractivity contribution in [2.75, 3.05) is 5.32 Å². The molecule has 188 valence electrons. The standard InChI is InChI=1S/C26H31F3N4O2/c1-15(2)16-8-10-18(11-9-16)33-14-17-12-22(19(25(3,4)35)13-21(17)32-33)31-24(34)20-6-5-7-23(30-20)26(27,28)29/h5-7,12-16,18,35H,8-11H2,1-4H3,(H,31,34). The summed E-state index contributed by atoms with van der Waals surface area (Å²) in [4.78, 5) is 16.3. The quantitative estimate of drug-likeness (QED) is 0.441. The minimum atomic E-state index is -4.66. The highest BCUT2D eigenvalue weighted by molar-refractivity contribution is 6.04. The normalized spacial score (nSPS) is 19.3. The Morgan fingerprint density at radius 1 is 1.14 bits per heavy atom. The van der Waals surface area contributed by atoms with Crippen LogP contribution >= 0.6 is 0 Å². The van der Waals surface area contributed by atoms with Crippen LogP contribution in [0.4, 0.5) is 18.9 Å². The van der Waals surface area contributed by atoms with Crippen molar-refractivity contribution in [2.24, 2.45) is 11.8 Å². The number of carbonyl (C=O) groups excluding carboxylic acids is 1. The predicted octanol–water partition coefficient (Wildman–Crippen LogP) is 6.32. The number of aromatic nitrogens is 3. The Morgan fingerprint density at radius 2 is 1.83 bits per heavy atom. The fourth-order valence-corrected chi connectivity index (χ4v) is 4.83. The van der Waals surface area contributed by atoms with Crippen LogP contribution in [0.5, 0.6) is 0 Å². The molecule has 0 spiro atoms. The van der Waals surface area contributed by atoms with E-state index in [1.54, 1.807) is 26.0 Å². The second-order valence-electron chi connectivity index (χ2n) is 10.3. The zero-order valence-corrected chi connectivity index (χ0v) is 20.4. The number of alkyl halides is 3. The van der Waals surface area contributed by atoms with Crippen molar-refractivity contribution >= 4 is 22.5 Å². The molecule has 1 amide bonds. The summed E-state index contributed by atoms with van der Waals surface area (Å²) >= 11 is 0. The Labute approximate surface area is 202 Å². The van der Waals surface area contributed by atoms with Gasteiger partial charge in [-0.25, -0.2) is 4.98 Å². The van der Waals surface area contributed by atoms with Gasteiger partial charge in [-0.05, 0) is 75.6 Å². The summed E-state index contributed by atoms with van der Waals surface area (Å²) in [6.07, 6.45) is 1.66. The number of amides is 1. The molecule has 0 bridgehead atoms. The largest absolute Gasteiger partial charge is 0.433 e. The number of pyridine rings is 1. The molecule has 0 radical (unpaired) electrons. The molecule has 1 aliphatic carbocycles. The lowest BCUT2D eigenvalue weighted by Gasteiger charge is -2.30. The van der Waals surface area contributed by atoms with Gasteiger partial charge >= 0.3 is 6.18 Å². The lowest BCUT2D eigenvalue weighted by Crippen LogP contribution is -2.22. The van der Waals surface area contributed by atoms with E-state index >= 15 is 0 Å². The third kappa shape index (κ3) is 5.50. The van der Waals surface area contributed by atoms with E-state index in [2.05, 4.69) is 24.1 Å². The lowest BCUT2D eigenvalue weighted by molar-refractivity contribution is -0.141. The number of nitrogens with zero attached hydrogens (tertiary/aromatic N) is 3. The fraction of sp³-hybridized carbons (Fsp3) is 0.500. The molecule has 0 saturated heterocycles. The van der Waals surface area contributed by atoms with Crippen molar-refractivity contribution in [3.8, 4) is 0 Å². The Balaban J connectivity index is 1.64. The highest BCUT2D eigenvalue weighted by atomic mass is 19.4. The number of hydrogen-bond donors (Lipinski definition) is 2. The maximum absolute atomic E-state index is 13.0. The Morgan fingerprint density at radius 3 is 2.43 bits per heavy atom. The van der Waals surface area contributed by atoms with Gasteiger partial charge in [-0.2, -0.15) is 18.3 Å². The first-order valence-electron chi connectivity index (χ1n) is 11.9. The van der Waals surface area contributed by atoms with Crippen LogP contribution in [0.3, 0.4) is 0 Å². The second-order valence-corrected chi connectivity index (χ2v) is 10.3. The predicted molar refractivity (Wildman–Crippen MR) is 128 cm³/mol. The Hall–Kier alpha value is -2.94. The van der Waals surface area contributed by atoms with Crippen molar-refractivity contribution in [3.05, 3.63) is 53.5 Å². The summed E-state index contributed by atoms with van der Waals surface area (Å²) in [5.41, 5.74) is -1.42. The zero-order chi connectivity index (χ0) is 25.5.